The number of benzene rings is 1. The highest BCUT2D eigenvalue weighted by atomic mass is 16.6. The Bertz CT molecular complexity index is 580. The van der Waals surface area contributed by atoms with Gasteiger partial charge in [-0.15, -0.1) is 0 Å². The summed E-state index contributed by atoms with van der Waals surface area (Å²) in [5, 5.41) is 9.57. The fraction of sp³-hybridized carbons (Fsp3) is 0.529. The maximum Gasteiger partial charge on any atom is 0.411 e. The van der Waals surface area contributed by atoms with Gasteiger partial charge in [-0.05, 0) is 39.8 Å². The lowest BCUT2D eigenvalue weighted by atomic mass is 9.98. The summed E-state index contributed by atoms with van der Waals surface area (Å²) in [7, 11) is 0. The summed E-state index contributed by atoms with van der Waals surface area (Å²) in [4.78, 5) is 25.3. The van der Waals surface area contributed by atoms with Gasteiger partial charge in [0, 0.05) is 6.42 Å². The van der Waals surface area contributed by atoms with Crippen molar-refractivity contribution in [3.63, 3.8) is 0 Å². The van der Waals surface area contributed by atoms with Crippen molar-refractivity contribution in [1.29, 1.82) is 0 Å². The number of likely N-dealkylation sites (tertiary alicyclic amines) is 1. The summed E-state index contributed by atoms with van der Waals surface area (Å²) in [6, 6.07) is 9.15. The average Bonchev–Trinajstić information content (AvgIpc) is 2.76. The molecule has 1 unspecified atom stereocenters. The third kappa shape index (κ3) is 3.94. The summed E-state index contributed by atoms with van der Waals surface area (Å²) in [5.41, 5.74) is -2.03. The number of carbonyl (C=O) groups excluding carboxylic acids is 1. The molecule has 0 aromatic heterocycles. The highest BCUT2D eigenvalue weighted by Gasteiger charge is 2.52. The number of hydrogen-bond donors (Lipinski definition) is 1. The molecule has 0 aliphatic carbocycles. The Morgan fingerprint density at radius 3 is 2.39 bits per heavy atom. The molecule has 0 bridgehead atoms. The Morgan fingerprint density at radius 1 is 1.26 bits per heavy atom. The normalized spacial score (nSPS) is 24.3. The molecule has 1 aliphatic rings. The van der Waals surface area contributed by atoms with Gasteiger partial charge in [0.25, 0.3) is 0 Å². The number of amides is 1. The zero-order chi connectivity index (χ0) is 17.3. The zero-order valence-electron chi connectivity index (χ0n) is 13.9. The van der Waals surface area contributed by atoms with Crippen LogP contribution in [0.25, 0.3) is 0 Å². The minimum Gasteiger partial charge on any atom is -0.488 e. The predicted octanol–water partition coefficient (Wildman–Crippen LogP) is 2.92. The van der Waals surface area contributed by atoms with E-state index in [0.717, 1.165) is 0 Å². The molecule has 0 spiro atoms. The molecule has 1 amide bonds. The first kappa shape index (κ1) is 17.1. The number of hydrogen-bond acceptors (Lipinski definition) is 4. The van der Waals surface area contributed by atoms with Crippen LogP contribution in [0.4, 0.5) is 4.79 Å². The number of para-hydroxylation sites is 1. The second-order valence-electron chi connectivity index (χ2n) is 6.93. The minimum absolute atomic E-state index is 0.173. The maximum atomic E-state index is 12.4. The third-order valence-electron chi connectivity index (χ3n) is 3.73. The third-order valence-corrected chi connectivity index (χ3v) is 3.73. The van der Waals surface area contributed by atoms with Gasteiger partial charge in [0.1, 0.15) is 23.0 Å². The van der Waals surface area contributed by atoms with E-state index < -0.39 is 29.3 Å². The molecule has 0 saturated carbocycles. The molecular formula is C17H23NO5. The first-order valence-corrected chi connectivity index (χ1v) is 7.57. The molecule has 1 aromatic rings. The summed E-state index contributed by atoms with van der Waals surface area (Å²) < 4.78 is 11.2. The van der Waals surface area contributed by atoms with Crippen LogP contribution in [-0.2, 0) is 9.53 Å². The van der Waals surface area contributed by atoms with Gasteiger partial charge in [-0.2, -0.15) is 0 Å². The second kappa shape index (κ2) is 6.10. The molecule has 1 fully saturated rings. The average molecular weight is 321 g/mol. The van der Waals surface area contributed by atoms with Crippen LogP contribution < -0.4 is 4.74 Å². The van der Waals surface area contributed by atoms with Gasteiger partial charge in [0.05, 0.1) is 6.54 Å². The Balaban J connectivity index is 2.16. The second-order valence-corrected chi connectivity index (χ2v) is 6.93. The molecule has 1 heterocycles. The molecule has 0 radical (unpaired) electrons. The zero-order valence-corrected chi connectivity index (χ0v) is 13.9. The maximum absolute atomic E-state index is 12.4. The molecule has 1 N–H and O–H groups in total. The largest absolute Gasteiger partial charge is 0.488 e. The van der Waals surface area contributed by atoms with E-state index in [9.17, 15) is 14.7 Å². The van der Waals surface area contributed by atoms with Gasteiger partial charge in [0.2, 0.25) is 0 Å². The van der Waals surface area contributed by atoms with Crippen LogP contribution >= 0.6 is 0 Å². The van der Waals surface area contributed by atoms with Crippen LogP contribution in [0, 0.1) is 0 Å². The van der Waals surface area contributed by atoms with Crippen molar-refractivity contribution >= 4 is 12.1 Å². The first-order valence-electron chi connectivity index (χ1n) is 7.57. The molecule has 126 valence electrons. The Labute approximate surface area is 136 Å². The fourth-order valence-electron chi connectivity index (χ4n) is 2.59. The SMILES string of the molecule is CC(C)(C)OC(=O)N1C[C@@H](Oc2ccccc2)CC1(C)C(=O)O. The molecule has 6 heteroatoms. The van der Waals surface area contributed by atoms with E-state index in [-0.39, 0.29) is 13.0 Å². The van der Waals surface area contributed by atoms with Crippen molar-refractivity contribution in [2.75, 3.05) is 6.54 Å². The van der Waals surface area contributed by atoms with Gasteiger partial charge in [-0.3, -0.25) is 4.90 Å². The quantitative estimate of drug-likeness (QED) is 0.926. The minimum atomic E-state index is -1.35. The number of nitrogens with zero attached hydrogens (tertiary/aromatic N) is 1. The molecule has 1 aliphatic heterocycles. The van der Waals surface area contributed by atoms with Crippen molar-refractivity contribution in [3.05, 3.63) is 30.3 Å². The Kier molecular flexibility index (Phi) is 4.54. The summed E-state index contributed by atoms with van der Waals surface area (Å²) in [6.07, 6.45) is -0.830. The van der Waals surface area contributed by atoms with Crippen molar-refractivity contribution in [3.8, 4) is 5.75 Å². The van der Waals surface area contributed by atoms with E-state index in [1.165, 1.54) is 11.8 Å². The first-order chi connectivity index (χ1) is 10.6. The van der Waals surface area contributed by atoms with E-state index in [0.29, 0.717) is 5.75 Å². The monoisotopic (exact) mass is 321 g/mol. The number of carboxylic acids is 1. The topological polar surface area (TPSA) is 76.1 Å². The number of carboxylic acid groups (broad SMARTS) is 1. The number of carbonyl (C=O) groups is 2. The van der Waals surface area contributed by atoms with Crippen molar-refractivity contribution in [2.45, 2.75) is 51.4 Å². The molecule has 2 rings (SSSR count). The van der Waals surface area contributed by atoms with Gasteiger partial charge >= 0.3 is 12.1 Å². The predicted molar refractivity (Wildman–Crippen MR) is 84.5 cm³/mol. The molecule has 23 heavy (non-hydrogen) atoms. The molecule has 1 saturated heterocycles. The van der Waals surface area contributed by atoms with Crippen molar-refractivity contribution in [2.24, 2.45) is 0 Å². The van der Waals surface area contributed by atoms with E-state index >= 15 is 0 Å². The molecule has 2 atom stereocenters. The molecule has 1 aromatic carbocycles. The van der Waals surface area contributed by atoms with Crippen LogP contribution in [0.1, 0.15) is 34.1 Å². The molecule has 6 nitrogen and oxygen atoms in total. The standard InChI is InChI=1S/C17H23NO5/c1-16(2,3)23-15(21)18-11-13(10-17(18,4)14(19)20)22-12-8-6-5-7-9-12/h5-9,13H,10-11H2,1-4H3,(H,19,20)/t13-,17?/m0/s1. The van der Waals surface area contributed by atoms with Gasteiger partial charge < -0.3 is 14.6 Å². The van der Waals surface area contributed by atoms with E-state index in [2.05, 4.69) is 0 Å². The van der Waals surface area contributed by atoms with Crippen LogP contribution in [0.5, 0.6) is 5.75 Å². The lowest BCUT2D eigenvalue weighted by molar-refractivity contribution is -0.148. The smallest absolute Gasteiger partial charge is 0.411 e. The lowest BCUT2D eigenvalue weighted by Gasteiger charge is -2.32. The molecular weight excluding hydrogens is 298 g/mol. The fourth-order valence-corrected chi connectivity index (χ4v) is 2.59. The highest BCUT2D eigenvalue weighted by molar-refractivity contribution is 5.85. The van der Waals surface area contributed by atoms with Gasteiger partial charge in [0.15, 0.2) is 0 Å². The Hall–Kier alpha value is -2.24. The summed E-state index contributed by atoms with van der Waals surface area (Å²) in [6.45, 7) is 6.94. The summed E-state index contributed by atoms with van der Waals surface area (Å²) >= 11 is 0. The van der Waals surface area contributed by atoms with E-state index in [1.54, 1.807) is 32.9 Å². The van der Waals surface area contributed by atoms with Crippen molar-refractivity contribution < 1.29 is 24.2 Å². The van der Waals surface area contributed by atoms with Crippen LogP contribution in [-0.4, -0.2) is 45.9 Å². The van der Waals surface area contributed by atoms with E-state index in [1.807, 2.05) is 18.2 Å². The van der Waals surface area contributed by atoms with Crippen LogP contribution in [0.3, 0.4) is 0 Å². The number of ether oxygens (including phenoxy) is 2. The lowest BCUT2D eigenvalue weighted by Crippen LogP contribution is -2.52. The Morgan fingerprint density at radius 2 is 1.87 bits per heavy atom. The van der Waals surface area contributed by atoms with Crippen LogP contribution in [0.2, 0.25) is 0 Å². The summed E-state index contributed by atoms with van der Waals surface area (Å²) in [5.74, 6) is -0.418. The highest BCUT2D eigenvalue weighted by Crippen LogP contribution is 2.33. The number of rotatable bonds is 3. The van der Waals surface area contributed by atoms with Gasteiger partial charge in [-0.25, -0.2) is 9.59 Å². The van der Waals surface area contributed by atoms with Crippen LogP contribution in [0.15, 0.2) is 30.3 Å². The number of aliphatic carboxylic acids is 1. The van der Waals surface area contributed by atoms with Crippen molar-refractivity contribution in [1.82, 2.24) is 4.90 Å². The van der Waals surface area contributed by atoms with Gasteiger partial charge in [-0.1, -0.05) is 18.2 Å². The van der Waals surface area contributed by atoms with E-state index in [4.69, 9.17) is 9.47 Å².